The average molecular weight is 341 g/mol. The maximum Gasteiger partial charge on any atom is 0.127 e. The summed E-state index contributed by atoms with van der Waals surface area (Å²) in [5.74, 6) is 2.50. The molecule has 4 heteroatoms. The van der Waals surface area contributed by atoms with Crippen LogP contribution in [0.15, 0.2) is 12.1 Å². The number of fused-ring (bicyclic) bond motifs is 1. The van der Waals surface area contributed by atoms with E-state index in [-0.39, 0.29) is 0 Å². The fraction of sp³-hybridized carbons (Fsp3) is 0.762. The molecule has 6 rings (SSSR count). The standard InChI is InChI=1S/C21H31N3O/c1-4-5-6-15-8-20-14(3)13(2)7-21(24(20)22-15)23-16-9-18-11-17(23)12-19(10-16)25-18/h7-8,13-14,16-19H,4-6,9-12H2,1-3H3. The number of allylic oxidation sites excluding steroid dienone is 1. The van der Waals surface area contributed by atoms with Crippen molar-refractivity contribution in [3.8, 4) is 0 Å². The van der Waals surface area contributed by atoms with Gasteiger partial charge in [0, 0.05) is 23.7 Å². The van der Waals surface area contributed by atoms with Crippen LogP contribution in [0.5, 0.6) is 0 Å². The number of rotatable bonds is 4. The molecule has 25 heavy (non-hydrogen) atoms. The maximum absolute atomic E-state index is 6.15. The summed E-state index contributed by atoms with van der Waals surface area (Å²) in [6.45, 7) is 6.98. The number of aromatic nitrogens is 2. The third kappa shape index (κ3) is 2.48. The Morgan fingerprint density at radius 3 is 2.44 bits per heavy atom. The summed E-state index contributed by atoms with van der Waals surface area (Å²) in [5, 5.41) is 5.06. The van der Waals surface area contributed by atoms with Gasteiger partial charge in [-0.3, -0.25) is 0 Å². The van der Waals surface area contributed by atoms with Gasteiger partial charge in [0.15, 0.2) is 0 Å². The molecule has 2 unspecified atom stereocenters. The van der Waals surface area contributed by atoms with Crippen molar-refractivity contribution in [2.45, 2.75) is 95.9 Å². The van der Waals surface area contributed by atoms with Crippen molar-refractivity contribution in [1.82, 2.24) is 14.7 Å². The molecule has 0 aliphatic carbocycles. The van der Waals surface area contributed by atoms with Crippen molar-refractivity contribution in [2.75, 3.05) is 0 Å². The summed E-state index contributed by atoms with van der Waals surface area (Å²) in [4.78, 5) is 2.73. The number of ether oxygens (including phenoxy) is 1. The summed E-state index contributed by atoms with van der Waals surface area (Å²) in [6, 6.07) is 3.68. The molecule has 0 aromatic carbocycles. The summed E-state index contributed by atoms with van der Waals surface area (Å²) < 4.78 is 8.45. The van der Waals surface area contributed by atoms with Crippen molar-refractivity contribution in [1.29, 1.82) is 0 Å². The van der Waals surface area contributed by atoms with Gasteiger partial charge in [0.05, 0.1) is 17.9 Å². The number of piperidine rings is 2. The molecule has 1 aromatic heterocycles. The molecule has 136 valence electrons. The van der Waals surface area contributed by atoms with Gasteiger partial charge in [0.2, 0.25) is 0 Å². The van der Waals surface area contributed by atoms with Crippen LogP contribution in [0.1, 0.15) is 76.6 Å². The molecule has 1 aromatic rings. The van der Waals surface area contributed by atoms with E-state index in [1.165, 1.54) is 55.7 Å². The molecule has 0 amide bonds. The number of hydrogen-bond acceptors (Lipinski definition) is 3. The normalized spacial score (nSPS) is 38.8. The Balaban J connectivity index is 1.51. The van der Waals surface area contributed by atoms with Gasteiger partial charge in [-0.15, -0.1) is 0 Å². The van der Waals surface area contributed by atoms with Crippen molar-refractivity contribution in [3.63, 3.8) is 0 Å². The van der Waals surface area contributed by atoms with E-state index < -0.39 is 0 Å². The van der Waals surface area contributed by atoms with Crippen molar-refractivity contribution in [2.24, 2.45) is 5.92 Å². The van der Waals surface area contributed by atoms with E-state index in [1.807, 2.05) is 0 Å². The van der Waals surface area contributed by atoms with Gasteiger partial charge in [-0.25, -0.2) is 4.68 Å². The molecule has 2 atom stereocenters. The minimum absolute atomic E-state index is 0.511. The van der Waals surface area contributed by atoms with E-state index in [0.29, 0.717) is 36.1 Å². The molecule has 4 fully saturated rings. The van der Waals surface area contributed by atoms with Crippen LogP contribution in [0, 0.1) is 5.92 Å². The van der Waals surface area contributed by atoms with E-state index in [9.17, 15) is 0 Å². The Morgan fingerprint density at radius 1 is 1.12 bits per heavy atom. The Morgan fingerprint density at radius 2 is 1.80 bits per heavy atom. The monoisotopic (exact) mass is 341 g/mol. The SMILES string of the molecule is CCCCc1cc2n(n1)C(N1C3CC4CC1CC(C3)O4)=CC(C)C2C. The third-order valence-electron chi connectivity index (χ3n) is 7.03. The highest BCUT2D eigenvalue weighted by atomic mass is 16.5. The summed E-state index contributed by atoms with van der Waals surface area (Å²) in [7, 11) is 0. The zero-order chi connectivity index (χ0) is 17.1. The quantitative estimate of drug-likeness (QED) is 0.823. The highest BCUT2D eigenvalue weighted by Crippen LogP contribution is 2.47. The van der Waals surface area contributed by atoms with Gasteiger partial charge in [0.25, 0.3) is 0 Å². The smallest absolute Gasteiger partial charge is 0.127 e. The summed E-state index contributed by atoms with van der Waals surface area (Å²) >= 11 is 0. The molecule has 5 aliphatic rings. The van der Waals surface area contributed by atoms with E-state index in [0.717, 1.165) is 6.42 Å². The van der Waals surface area contributed by atoms with Gasteiger partial charge in [0.1, 0.15) is 5.82 Å². The molecular weight excluding hydrogens is 310 g/mol. The Bertz CT molecular complexity index is 663. The van der Waals surface area contributed by atoms with E-state index in [4.69, 9.17) is 9.84 Å². The molecule has 0 spiro atoms. The first-order valence-electron chi connectivity index (χ1n) is 10.4. The second-order valence-electron chi connectivity index (χ2n) is 8.79. The molecule has 4 saturated heterocycles. The highest BCUT2D eigenvalue weighted by molar-refractivity contribution is 5.50. The first-order valence-corrected chi connectivity index (χ1v) is 10.4. The number of hydrogen-bond donors (Lipinski definition) is 0. The summed E-state index contributed by atoms with van der Waals surface area (Å²) in [6.07, 6.45) is 11.9. The minimum Gasteiger partial charge on any atom is -0.375 e. The molecule has 0 N–H and O–H groups in total. The van der Waals surface area contributed by atoms with Gasteiger partial charge < -0.3 is 9.64 Å². The predicted octanol–water partition coefficient (Wildman–Crippen LogP) is 4.17. The lowest BCUT2D eigenvalue weighted by molar-refractivity contribution is -0.168. The van der Waals surface area contributed by atoms with Gasteiger partial charge >= 0.3 is 0 Å². The number of unbranched alkanes of at least 4 members (excludes halogenated alkanes) is 1. The number of nitrogens with zero attached hydrogens (tertiary/aromatic N) is 3. The molecule has 0 radical (unpaired) electrons. The highest BCUT2D eigenvalue weighted by Gasteiger charge is 2.49. The van der Waals surface area contributed by atoms with Crippen LogP contribution in [0.3, 0.4) is 0 Å². The van der Waals surface area contributed by atoms with Crippen molar-refractivity contribution < 1.29 is 4.74 Å². The van der Waals surface area contributed by atoms with E-state index in [2.05, 4.69) is 42.5 Å². The molecular formula is C21H31N3O. The van der Waals surface area contributed by atoms with Crippen LogP contribution in [0.4, 0.5) is 0 Å². The van der Waals surface area contributed by atoms with Crippen LogP contribution in [-0.2, 0) is 11.2 Å². The first kappa shape index (κ1) is 15.9. The summed E-state index contributed by atoms with van der Waals surface area (Å²) in [5.41, 5.74) is 2.69. The van der Waals surface area contributed by atoms with Gasteiger partial charge in [-0.1, -0.05) is 27.2 Å². The van der Waals surface area contributed by atoms with Crippen molar-refractivity contribution in [3.05, 3.63) is 23.5 Å². The van der Waals surface area contributed by atoms with Crippen LogP contribution < -0.4 is 0 Å². The average Bonchev–Trinajstić information content (AvgIpc) is 3.01. The third-order valence-corrected chi connectivity index (χ3v) is 7.03. The fourth-order valence-electron chi connectivity index (χ4n) is 5.57. The maximum atomic E-state index is 6.15. The molecule has 6 heterocycles. The Kier molecular flexibility index (Phi) is 3.74. The Labute approximate surface area is 151 Å². The second kappa shape index (κ2) is 5.87. The number of aryl methyl sites for hydroxylation is 1. The second-order valence-corrected chi connectivity index (χ2v) is 8.79. The van der Waals surface area contributed by atoms with Crippen LogP contribution >= 0.6 is 0 Å². The molecule has 5 aliphatic heterocycles. The molecule has 0 saturated carbocycles. The topological polar surface area (TPSA) is 30.3 Å². The van der Waals surface area contributed by atoms with E-state index in [1.54, 1.807) is 0 Å². The van der Waals surface area contributed by atoms with Gasteiger partial charge in [-0.2, -0.15) is 5.10 Å². The molecule has 4 nitrogen and oxygen atoms in total. The lowest BCUT2D eigenvalue weighted by Crippen LogP contribution is -2.62. The largest absolute Gasteiger partial charge is 0.375 e. The van der Waals surface area contributed by atoms with Crippen LogP contribution in [-0.4, -0.2) is 39.0 Å². The van der Waals surface area contributed by atoms with Gasteiger partial charge in [-0.05, 0) is 56.6 Å². The van der Waals surface area contributed by atoms with Crippen LogP contribution in [0.25, 0.3) is 5.82 Å². The Hall–Kier alpha value is -1.29. The lowest BCUT2D eigenvalue weighted by Gasteiger charge is -2.58. The molecule has 4 bridgehead atoms. The lowest BCUT2D eigenvalue weighted by atomic mass is 9.77. The zero-order valence-corrected chi connectivity index (χ0v) is 15.8. The van der Waals surface area contributed by atoms with Crippen molar-refractivity contribution >= 4 is 5.82 Å². The fourth-order valence-corrected chi connectivity index (χ4v) is 5.57. The van der Waals surface area contributed by atoms with Crippen LogP contribution in [0.2, 0.25) is 0 Å². The minimum atomic E-state index is 0.511. The first-order chi connectivity index (χ1) is 12.1. The zero-order valence-electron chi connectivity index (χ0n) is 15.8. The van der Waals surface area contributed by atoms with E-state index >= 15 is 0 Å². The predicted molar refractivity (Wildman–Crippen MR) is 99.2 cm³/mol.